The maximum atomic E-state index is 5.93. The molecule has 3 heteroatoms. The lowest BCUT2D eigenvalue weighted by Crippen LogP contribution is -2.43. The molecule has 0 amide bonds. The zero-order valence-corrected chi connectivity index (χ0v) is 9.77. The fourth-order valence-corrected chi connectivity index (χ4v) is 2.14. The van der Waals surface area contributed by atoms with E-state index in [0.29, 0.717) is 0 Å². The molecule has 2 N–H and O–H groups in total. The number of nitrogens with one attached hydrogen (secondary N) is 2. The Bertz CT molecular complexity index is 332. The predicted molar refractivity (Wildman–Crippen MR) is 64.2 cm³/mol. The summed E-state index contributed by atoms with van der Waals surface area (Å²) in [5.41, 5.74) is 1.48. The Balaban J connectivity index is 1.92. The third-order valence-corrected chi connectivity index (χ3v) is 3.21. The zero-order chi connectivity index (χ0) is 10.7. The topological polar surface area (TPSA) is 24.1 Å². The van der Waals surface area contributed by atoms with Crippen LogP contribution in [0.3, 0.4) is 0 Å². The molecular weight excluding hydrogens is 208 g/mol. The Hall–Kier alpha value is -0.570. The highest BCUT2D eigenvalue weighted by Crippen LogP contribution is 2.15. The second-order valence-electron chi connectivity index (χ2n) is 4.47. The van der Waals surface area contributed by atoms with Crippen molar-refractivity contribution in [3.63, 3.8) is 0 Å². The highest BCUT2D eigenvalue weighted by atomic mass is 35.5. The summed E-state index contributed by atoms with van der Waals surface area (Å²) in [4.78, 5) is 0. The lowest BCUT2D eigenvalue weighted by atomic mass is 10.0. The molecule has 1 atom stereocenters. The average molecular weight is 225 g/mol. The van der Waals surface area contributed by atoms with E-state index in [0.717, 1.165) is 24.7 Å². The summed E-state index contributed by atoms with van der Waals surface area (Å²) in [6.45, 7) is 5.31. The van der Waals surface area contributed by atoms with Crippen molar-refractivity contribution in [3.05, 3.63) is 34.9 Å². The van der Waals surface area contributed by atoms with E-state index in [2.05, 4.69) is 23.6 Å². The SMILES string of the molecule is CC1(NCc2cccc(Cl)c2)CCNC1. The second-order valence-corrected chi connectivity index (χ2v) is 4.91. The molecule has 1 aromatic rings. The van der Waals surface area contributed by atoms with Gasteiger partial charge in [-0.3, -0.25) is 0 Å². The van der Waals surface area contributed by atoms with Gasteiger partial charge in [-0.15, -0.1) is 0 Å². The fourth-order valence-electron chi connectivity index (χ4n) is 1.93. The molecule has 2 nitrogen and oxygen atoms in total. The van der Waals surface area contributed by atoms with Crippen LogP contribution in [0.25, 0.3) is 0 Å². The van der Waals surface area contributed by atoms with Gasteiger partial charge in [0.1, 0.15) is 0 Å². The highest BCUT2D eigenvalue weighted by molar-refractivity contribution is 6.30. The smallest absolute Gasteiger partial charge is 0.0409 e. The molecule has 1 fully saturated rings. The van der Waals surface area contributed by atoms with Crippen LogP contribution in [0.4, 0.5) is 0 Å². The molecule has 2 rings (SSSR count). The number of rotatable bonds is 3. The van der Waals surface area contributed by atoms with Gasteiger partial charge in [-0.1, -0.05) is 23.7 Å². The van der Waals surface area contributed by atoms with Gasteiger partial charge in [0.25, 0.3) is 0 Å². The van der Waals surface area contributed by atoms with Gasteiger partial charge in [0, 0.05) is 23.7 Å². The van der Waals surface area contributed by atoms with Crippen molar-refractivity contribution in [2.45, 2.75) is 25.4 Å². The predicted octanol–water partition coefficient (Wildman–Crippen LogP) is 2.18. The van der Waals surface area contributed by atoms with Crippen LogP contribution < -0.4 is 10.6 Å². The van der Waals surface area contributed by atoms with E-state index in [-0.39, 0.29) is 5.54 Å². The molecule has 15 heavy (non-hydrogen) atoms. The number of benzene rings is 1. The monoisotopic (exact) mass is 224 g/mol. The maximum absolute atomic E-state index is 5.93. The molecule has 1 aliphatic heterocycles. The summed E-state index contributed by atoms with van der Waals surface area (Å²) in [7, 11) is 0. The summed E-state index contributed by atoms with van der Waals surface area (Å²) in [6, 6.07) is 8.02. The first kappa shape index (κ1) is 10.9. The minimum atomic E-state index is 0.238. The Kier molecular flexibility index (Phi) is 3.29. The normalized spacial score (nSPS) is 25.7. The van der Waals surface area contributed by atoms with E-state index in [1.165, 1.54) is 12.0 Å². The first-order valence-corrected chi connectivity index (χ1v) is 5.76. The standard InChI is InChI=1S/C12H17ClN2/c1-12(5-6-14-9-12)15-8-10-3-2-4-11(13)7-10/h2-4,7,14-15H,5-6,8-9H2,1H3. The van der Waals surface area contributed by atoms with Gasteiger partial charge in [0.15, 0.2) is 0 Å². The molecule has 0 aliphatic carbocycles. The lowest BCUT2D eigenvalue weighted by molar-refractivity contribution is 0.386. The molecule has 1 aromatic carbocycles. The number of halogens is 1. The Morgan fingerprint density at radius 2 is 2.40 bits per heavy atom. The van der Waals surface area contributed by atoms with Gasteiger partial charge in [-0.2, -0.15) is 0 Å². The van der Waals surface area contributed by atoms with E-state index < -0.39 is 0 Å². The first-order valence-electron chi connectivity index (χ1n) is 5.38. The van der Waals surface area contributed by atoms with E-state index in [9.17, 15) is 0 Å². The summed E-state index contributed by atoms with van der Waals surface area (Å²) in [5.74, 6) is 0. The highest BCUT2D eigenvalue weighted by Gasteiger charge is 2.27. The molecule has 1 heterocycles. The van der Waals surface area contributed by atoms with Crippen molar-refractivity contribution >= 4 is 11.6 Å². The minimum Gasteiger partial charge on any atom is -0.315 e. The fraction of sp³-hybridized carbons (Fsp3) is 0.500. The third-order valence-electron chi connectivity index (χ3n) is 2.98. The molecule has 1 saturated heterocycles. The van der Waals surface area contributed by atoms with E-state index in [1.54, 1.807) is 0 Å². The van der Waals surface area contributed by atoms with E-state index in [1.807, 2.05) is 18.2 Å². The van der Waals surface area contributed by atoms with Crippen LogP contribution in [0.1, 0.15) is 18.9 Å². The maximum Gasteiger partial charge on any atom is 0.0409 e. The van der Waals surface area contributed by atoms with Crippen LogP contribution in [0, 0.1) is 0 Å². The van der Waals surface area contributed by atoms with Crippen LogP contribution in [0.5, 0.6) is 0 Å². The molecule has 1 unspecified atom stereocenters. The Labute approximate surface area is 96.0 Å². The molecule has 1 aliphatic rings. The number of hydrogen-bond acceptors (Lipinski definition) is 2. The summed E-state index contributed by atoms with van der Waals surface area (Å²) < 4.78 is 0. The van der Waals surface area contributed by atoms with Gasteiger partial charge >= 0.3 is 0 Å². The van der Waals surface area contributed by atoms with Crippen molar-refractivity contribution < 1.29 is 0 Å². The number of hydrogen-bond donors (Lipinski definition) is 2. The first-order chi connectivity index (χ1) is 7.18. The van der Waals surface area contributed by atoms with Gasteiger partial charge in [-0.25, -0.2) is 0 Å². The quantitative estimate of drug-likeness (QED) is 0.823. The third kappa shape index (κ3) is 2.94. The van der Waals surface area contributed by atoms with Gasteiger partial charge < -0.3 is 10.6 Å². The van der Waals surface area contributed by atoms with Crippen molar-refractivity contribution in [2.24, 2.45) is 0 Å². The van der Waals surface area contributed by atoms with E-state index >= 15 is 0 Å². The zero-order valence-electron chi connectivity index (χ0n) is 9.02. The second kappa shape index (κ2) is 4.52. The van der Waals surface area contributed by atoms with Crippen LogP contribution >= 0.6 is 11.6 Å². The lowest BCUT2D eigenvalue weighted by Gasteiger charge is -2.24. The summed E-state index contributed by atoms with van der Waals surface area (Å²) >= 11 is 5.93. The van der Waals surface area contributed by atoms with Crippen molar-refractivity contribution in [3.8, 4) is 0 Å². The van der Waals surface area contributed by atoms with Crippen molar-refractivity contribution in [1.82, 2.24) is 10.6 Å². The molecule has 0 radical (unpaired) electrons. The van der Waals surface area contributed by atoms with Crippen LogP contribution in [0.2, 0.25) is 5.02 Å². The molecule has 0 bridgehead atoms. The van der Waals surface area contributed by atoms with Crippen LogP contribution in [-0.2, 0) is 6.54 Å². The molecule has 0 saturated carbocycles. The summed E-state index contributed by atoms with van der Waals surface area (Å²) in [6.07, 6.45) is 1.19. The van der Waals surface area contributed by atoms with Crippen LogP contribution in [-0.4, -0.2) is 18.6 Å². The Morgan fingerprint density at radius 1 is 1.53 bits per heavy atom. The molecule has 0 spiro atoms. The largest absolute Gasteiger partial charge is 0.315 e. The Morgan fingerprint density at radius 3 is 3.07 bits per heavy atom. The van der Waals surface area contributed by atoms with Crippen molar-refractivity contribution in [1.29, 1.82) is 0 Å². The molecular formula is C12H17ClN2. The van der Waals surface area contributed by atoms with Gasteiger partial charge in [0.05, 0.1) is 0 Å². The molecule has 0 aromatic heterocycles. The summed E-state index contributed by atoms with van der Waals surface area (Å²) in [5, 5.41) is 7.76. The van der Waals surface area contributed by atoms with Gasteiger partial charge in [-0.05, 0) is 37.6 Å². The van der Waals surface area contributed by atoms with Crippen LogP contribution in [0.15, 0.2) is 24.3 Å². The van der Waals surface area contributed by atoms with Crippen molar-refractivity contribution in [2.75, 3.05) is 13.1 Å². The molecule has 82 valence electrons. The van der Waals surface area contributed by atoms with E-state index in [4.69, 9.17) is 11.6 Å². The minimum absolute atomic E-state index is 0.238. The average Bonchev–Trinajstić information content (AvgIpc) is 2.63. The van der Waals surface area contributed by atoms with Gasteiger partial charge in [0.2, 0.25) is 0 Å².